The molecule has 10 heteroatoms. The van der Waals surface area contributed by atoms with Crippen molar-refractivity contribution in [3.63, 3.8) is 0 Å². The predicted octanol–water partition coefficient (Wildman–Crippen LogP) is 2.01. The number of hydrazine groups is 1. The van der Waals surface area contributed by atoms with Crippen LogP contribution >= 0.6 is 11.8 Å². The number of hydrogen-bond acceptors (Lipinski definition) is 6. The van der Waals surface area contributed by atoms with Gasteiger partial charge in [0.2, 0.25) is 15.9 Å². The number of thioether (sulfide) groups is 1. The standard InChI is InChI=1S/C21H25N3O5S2/c1-15-4-8-18(9-5-15)30-14-20(25)23-24-21(26)16-6-10-19(11-7-16)31(27,28)22-13-17-3-2-12-29-17/h4-11,17,22H,2-3,12-14H2,1H3,(H,23,25)(H,24,26). The molecule has 1 aliphatic rings. The van der Waals surface area contributed by atoms with Gasteiger partial charge in [0.15, 0.2) is 0 Å². The summed E-state index contributed by atoms with van der Waals surface area (Å²) in [6, 6.07) is 13.3. The van der Waals surface area contributed by atoms with Crippen molar-refractivity contribution >= 4 is 33.6 Å². The highest BCUT2D eigenvalue weighted by molar-refractivity contribution is 8.00. The number of rotatable bonds is 8. The Balaban J connectivity index is 1.45. The van der Waals surface area contributed by atoms with E-state index in [1.54, 1.807) is 0 Å². The predicted molar refractivity (Wildman–Crippen MR) is 118 cm³/mol. The zero-order valence-electron chi connectivity index (χ0n) is 17.1. The second-order valence-electron chi connectivity index (χ2n) is 7.12. The Labute approximate surface area is 186 Å². The average Bonchev–Trinajstić information content (AvgIpc) is 3.30. The zero-order chi connectivity index (χ0) is 22.3. The topological polar surface area (TPSA) is 114 Å². The Hall–Kier alpha value is -2.40. The monoisotopic (exact) mass is 463 g/mol. The lowest BCUT2D eigenvalue weighted by molar-refractivity contribution is -0.119. The number of aryl methyl sites for hydroxylation is 1. The van der Waals surface area contributed by atoms with Crippen LogP contribution in [0.15, 0.2) is 58.3 Å². The normalized spacial score (nSPS) is 16.1. The average molecular weight is 464 g/mol. The summed E-state index contributed by atoms with van der Waals surface area (Å²) in [5.41, 5.74) is 6.05. The van der Waals surface area contributed by atoms with E-state index in [1.807, 2.05) is 31.2 Å². The van der Waals surface area contributed by atoms with E-state index < -0.39 is 15.9 Å². The first-order chi connectivity index (χ1) is 14.8. The van der Waals surface area contributed by atoms with Crippen molar-refractivity contribution in [2.75, 3.05) is 18.9 Å². The van der Waals surface area contributed by atoms with Crippen LogP contribution in [0.3, 0.4) is 0 Å². The molecule has 2 aromatic carbocycles. The molecule has 0 saturated carbocycles. The lowest BCUT2D eigenvalue weighted by atomic mass is 10.2. The molecule has 8 nitrogen and oxygen atoms in total. The molecular formula is C21H25N3O5S2. The molecule has 1 aliphatic heterocycles. The first-order valence-electron chi connectivity index (χ1n) is 9.83. The van der Waals surface area contributed by atoms with Gasteiger partial charge in [-0.15, -0.1) is 11.8 Å². The Morgan fingerprint density at radius 2 is 1.77 bits per heavy atom. The van der Waals surface area contributed by atoms with Crippen molar-refractivity contribution in [1.82, 2.24) is 15.6 Å². The van der Waals surface area contributed by atoms with Gasteiger partial charge in [0.25, 0.3) is 5.91 Å². The maximum Gasteiger partial charge on any atom is 0.269 e. The van der Waals surface area contributed by atoms with Crippen LogP contribution < -0.4 is 15.6 Å². The van der Waals surface area contributed by atoms with E-state index in [0.717, 1.165) is 23.3 Å². The summed E-state index contributed by atoms with van der Waals surface area (Å²) in [6.45, 7) is 2.86. The molecular weight excluding hydrogens is 438 g/mol. The molecule has 1 heterocycles. The van der Waals surface area contributed by atoms with Gasteiger partial charge in [-0.1, -0.05) is 17.7 Å². The molecule has 166 valence electrons. The SMILES string of the molecule is Cc1ccc(SCC(=O)NNC(=O)c2ccc(S(=O)(=O)NCC3CCCO3)cc2)cc1. The third-order valence-corrected chi connectivity index (χ3v) is 7.11. The summed E-state index contributed by atoms with van der Waals surface area (Å²) in [4.78, 5) is 25.2. The van der Waals surface area contributed by atoms with Gasteiger partial charge >= 0.3 is 0 Å². The van der Waals surface area contributed by atoms with Crippen molar-refractivity contribution in [1.29, 1.82) is 0 Å². The molecule has 0 bridgehead atoms. The van der Waals surface area contributed by atoms with E-state index in [2.05, 4.69) is 15.6 Å². The first kappa shape index (κ1) is 23.3. The molecule has 1 atom stereocenters. The number of carbonyl (C=O) groups excluding carboxylic acids is 2. The number of sulfonamides is 1. The fraction of sp³-hybridized carbons (Fsp3) is 0.333. The Morgan fingerprint density at radius 1 is 1.06 bits per heavy atom. The molecule has 3 N–H and O–H groups in total. The van der Waals surface area contributed by atoms with E-state index >= 15 is 0 Å². The van der Waals surface area contributed by atoms with E-state index in [1.165, 1.54) is 36.0 Å². The molecule has 0 aromatic heterocycles. The van der Waals surface area contributed by atoms with Crippen molar-refractivity contribution in [2.24, 2.45) is 0 Å². The summed E-state index contributed by atoms with van der Waals surface area (Å²) in [6.07, 6.45) is 1.65. The number of amides is 2. The third-order valence-electron chi connectivity index (χ3n) is 4.66. The minimum absolute atomic E-state index is 0.0561. The van der Waals surface area contributed by atoms with Gasteiger partial charge in [-0.25, -0.2) is 13.1 Å². The number of carbonyl (C=O) groups is 2. The minimum atomic E-state index is -3.69. The lowest BCUT2D eigenvalue weighted by Gasteiger charge is -2.12. The number of nitrogens with one attached hydrogen (secondary N) is 3. The maximum absolute atomic E-state index is 12.4. The zero-order valence-corrected chi connectivity index (χ0v) is 18.7. The summed E-state index contributed by atoms with van der Waals surface area (Å²) < 4.78 is 32.7. The van der Waals surface area contributed by atoms with Crippen molar-refractivity contribution in [2.45, 2.75) is 35.7 Å². The molecule has 0 aliphatic carbocycles. The van der Waals surface area contributed by atoms with Crippen LogP contribution in [0.1, 0.15) is 28.8 Å². The molecule has 1 fully saturated rings. The van der Waals surface area contributed by atoms with E-state index in [4.69, 9.17) is 4.74 Å². The summed E-state index contributed by atoms with van der Waals surface area (Å²) in [7, 11) is -3.69. The fourth-order valence-corrected chi connectivity index (χ4v) is 4.66. The summed E-state index contributed by atoms with van der Waals surface area (Å²) in [5.74, 6) is -0.738. The number of benzene rings is 2. The highest BCUT2D eigenvalue weighted by atomic mass is 32.2. The molecule has 1 unspecified atom stereocenters. The van der Waals surface area contributed by atoms with Crippen LogP contribution in [0.25, 0.3) is 0 Å². The Bertz CT molecular complexity index is 1000. The molecule has 1 saturated heterocycles. The van der Waals surface area contributed by atoms with E-state index in [0.29, 0.717) is 6.61 Å². The van der Waals surface area contributed by atoms with Crippen LogP contribution in [-0.4, -0.2) is 45.2 Å². The summed E-state index contributed by atoms with van der Waals surface area (Å²) in [5, 5.41) is 0. The van der Waals surface area contributed by atoms with Crippen LogP contribution in [0.4, 0.5) is 0 Å². The van der Waals surface area contributed by atoms with Gasteiger partial charge in [0.05, 0.1) is 16.8 Å². The van der Waals surface area contributed by atoms with Crippen molar-refractivity contribution < 1.29 is 22.7 Å². The van der Waals surface area contributed by atoms with Gasteiger partial charge in [0, 0.05) is 23.6 Å². The third kappa shape index (κ3) is 7.06. The quantitative estimate of drug-likeness (QED) is 0.408. The van der Waals surface area contributed by atoms with Gasteiger partial charge in [-0.05, 0) is 56.2 Å². The number of ether oxygens (including phenoxy) is 1. The molecule has 0 spiro atoms. The molecule has 3 rings (SSSR count). The van der Waals surface area contributed by atoms with Crippen molar-refractivity contribution in [3.8, 4) is 0 Å². The van der Waals surface area contributed by atoms with Crippen LogP contribution in [0.2, 0.25) is 0 Å². The van der Waals surface area contributed by atoms with Gasteiger partial charge in [-0.3, -0.25) is 20.4 Å². The Morgan fingerprint density at radius 3 is 2.42 bits per heavy atom. The van der Waals surface area contributed by atoms with Crippen LogP contribution in [0, 0.1) is 6.92 Å². The lowest BCUT2D eigenvalue weighted by Crippen LogP contribution is -2.42. The van der Waals surface area contributed by atoms with Crippen LogP contribution in [0.5, 0.6) is 0 Å². The largest absolute Gasteiger partial charge is 0.377 e. The molecule has 2 amide bonds. The second-order valence-corrected chi connectivity index (χ2v) is 9.93. The van der Waals surface area contributed by atoms with Crippen molar-refractivity contribution in [3.05, 3.63) is 59.7 Å². The second kappa shape index (κ2) is 10.8. The Kier molecular flexibility index (Phi) is 8.08. The fourth-order valence-electron chi connectivity index (χ4n) is 2.89. The number of hydrogen-bond donors (Lipinski definition) is 3. The molecule has 31 heavy (non-hydrogen) atoms. The van der Waals surface area contributed by atoms with Gasteiger partial charge in [-0.2, -0.15) is 0 Å². The van der Waals surface area contributed by atoms with Crippen LogP contribution in [-0.2, 0) is 19.6 Å². The maximum atomic E-state index is 12.4. The minimum Gasteiger partial charge on any atom is -0.377 e. The first-order valence-corrected chi connectivity index (χ1v) is 12.3. The van der Waals surface area contributed by atoms with E-state index in [9.17, 15) is 18.0 Å². The summed E-state index contributed by atoms with van der Waals surface area (Å²) >= 11 is 1.36. The van der Waals surface area contributed by atoms with Gasteiger partial charge < -0.3 is 4.74 Å². The highest BCUT2D eigenvalue weighted by Crippen LogP contribution is 2.18. The highest BCUT2D eigenvalue weighted by Gasteiger charge is 2.20. The van der Waals surface area contributed by atoms with E-state index in [-0.39, 0.29) is 34.8 Å². The molecule has 2 aromatic rings. The van der Waals surface area contributed by atoms with Gasteiger partial charge in [0.1, 0.15) is 0 Å². The smallest absolute Gasteiger partial charge is 0.269 e. The molecule has 0 radical (unpaired) electrons.